The molecular formula is C20H20N4O2. The van der Waals surface area contributed by atoms with E-state index in [9.17, 15) is 4.79 Å². The van der Waals surface area contributed by atoms with Crippen LogP contribution in [0.25, 0.3) is 11.4 Å². The summed E-state index contributed by atoms with van der Waals surface area (Å²) in [7, 11) is 0. The van der Waals surface area contributed by atoms with Crippen LogP contribution in [0.4, 0.5) is 5.69 Å². The lowest BCUT2D eigenvalue weighted by molar-refractivity contribution is 0.0952. The summed E-state index contributed by atoms with van der Waals surface area (Å²) in [6.07, 6.45) is 2.12. The van der Waals surface area contributed by atoms with Crippen molar-refractivity contribution in [3.05, 3.63) is 65.5 Å². The summed E-state index contributed by atoms with van der Waals surface area (Å²) in [6, 6.07) is 15.7. The predicted octanol–water partition coefficient (Wildman–Crippen LogP) is 3.55. The van der Waals surface area contributed by atoms with Crippen molar-refractivity contribution in [2.45, 2.75) is 32.4 Å². The van der Waals surface area contributed by atoms with Crippen molar-refractivity contribution in [1.29, 1.82) is 0 Å². The molecule has 1 saturated carbocycles. The normalized spacial score (nSPS) is 13.4. The second-order valence-electron chi connectivity index (χ2n) is 6.47. The summed E-state index contributed by atoms with van der Waals surface area (Å²) >= 11 is 0. The lowest BCUT2D eigenvalue weighted by atomic mass is 10.1. The SMILES string of the molecule is Cc1ccccc1-c1noc(CNc2ccccc2C(=O)NC2CC2)n1. The quantitative estimate of drug-likeness (QED) is 0.712. The monoisotopic (exact) mass is 348 g/mol. The second kappa shape index (κ2) is 7.00. The molecule has 6 heteroatoms. The summed E-state index contributed by atoms with van der Waals surface area (Å²) in [4.78, 5) is 16.8. The maximum absolute atomic E-state index is 12.4. The van der Waals surface area contributed by atoms with Crippen LogP contribution >= 0.6 is 0 Å². The zero-order valence-corrected chi connectivity index (χ0v) is 14.5. The summed E-state index contributed by atoms with van der Waals surface area (Å²) in [5, 5.41) is 10.3. The van der Waals surface area contributed by atoms with Crippen LogP contribution in [-0.4, -0.2) is 22.1 Å². The Morgan fingerprint density at radius 3 is 2.73 bits per heavy atom. The van der Waals surface area contributed by atoms with Gasteiger partial charge in [-0.15, -0.1) is 0 Å². The van der Waals surface area contributed by atoms with Gasteiger partial charge in [-0.25, -0.2) is 0 Å². The molecule has 26 heavy (non-hydrogen) atoms. The first-order chi connectivity index (χ1) is 12.7. The first-order valence-corrected chi connectivity index (χ1v) is 8.73. The van der Waals surface area contributed by atoms with E-state index in [1.165, 1.54) is 0 Å². The number of nitrogens with zero attached hydrogens (tertiary/aromatic N) is 2. The standard InChI is InChI=1S/C20H20N4O2/c1-13-6-2-3-7-15(13)19-23-18(26-24-19)12-21-17-9-5-4-8-16(17)20(25)22-14-10-11-14/h2-9,14,21H,10-12H2,1H3,(H,22,25). The zero-order chi connectivity index (χ0) is 17.9. The van der Waals surface area contributed by atoms with Crippen LogP contribution in [0.1, 0.15) is 34.7 Å². The molecule has 1 fully saturated rings. The molecule has 6 nitrogen and oxygen atoms in total. The highest BCUT2D eigenvalue weighted by atomic mass is 16.5. The van der Waals surface area contributed by atoms with Gasteiger partial charge in [0.15, 0.2) is 0 Å². The van der Waals surface area contributed by atoms with Gasteiger partial charge >= 0.3 is 0 Å². The van der Waals surface area contributed by atoms with Gasteiger partial charge in [-0.3, -0.25) is 4.79 Å². The number of nitrogens with one attached hydrogen (secondary N) is 2. The molecule has 2 aromatic carbocycles. The van der Waals surface area contributed by atoms with Crippen LogP contribution in [-0.2, 0) is 6.54 Å². The molecule has 3 aromatic rings. The first-order valence-electron chi connectivity index (χ1n) is 8.73. The Bertz CT molecular complexity index is 931. The van der Waals surface area contributed by atoms with Crippen molar-refractivity contribution in [2.75, 3.05) is 5.32 Å². The molecule has 1 heterocycles. The van der Waals surface area contributed by atoms with Crippen LogP contribution in [0.2, 0.25) is 0 Å². The third-order valence-corrected chi connectivity index (χ3v) is 4.37. The van der Waals surface area contributed by atoms with Gasteiger partial charge in [0.05, 0.1) is 12.1 Å². The Morgan fingerprint density at radius 2 is 1.92 bits per heavy atom. The number of hydrogen-bond acceptors (Lipinski definition) is 5. The number of amides is 1. The lowest BCUT2D eigenvalue weighted by Gasteiger charge is -2.10. The molecule has 0 aliphatic heterocycles. The van der Waals surface area contributed by atoms with E-state index in [4.69, 9.17) is 4.52 Å². The maximum Gasteiger partial charge on any atom is 0.253 e. The van der Waals surface area contributed by atoms with E-state index in [0.717, 1.165) is 29.7 Å². The number of aromatic nitrogens is 2. The van der Waals surface area contributed by atoms with E-state index in [1.54, 1.807) is 0 Å². The maximum atomic E-state index is 12.4. The second-order valence-corrected chi connectivity index (χ2v) is 6.47. The van der Waals surface area contributed by atoms with E-state index in [-0.39, 0.29) is 5.91 Å². The fourth-order valence-electron chi connectivity index (χ4n) is 2.76. The van der Waals surface area contributed by atoms with Crippen LogP contribution < -0.4 is 10.6 Å². The van der Waals surface area contributed by atoms with Crippen LogP contribution in [0.15, 0.2) is 53.1 Å². The van der Waals surface area contributed by atoms with Crippen molar-refractivity contribution in [3.63, 3.8) is 0 Å². The average Bonchev–Trinajstić information content (AvgIpc) is 3.35. The summed E-state index contributed by atoms with van der Waals surface area (Å²) in [5.74, 6) is 0.988. The average molecular weight is 348 g/mol. The van der Waals surface area contributed by atoms with Crippen LogP contribution in [0.3, 0.4) is 0 Å². The number of aryl methyl sites for hydroxylation is 1. The molecule has 132 valence electrons. The van der Waals surface area contributed by atoms with E-state index >= 15 is 0 Å². The third kappa shape index (κ3) is 3.59. The largest absolute Gasteiger partial charge is 0.375 e. The predicted molar refractivity (Wildman–Crippen MR) is 98.7 cm³/mol. The van der Waals surface area contributed by atoms with Gasteiger partial charge < -0.3 is 15.2 Å². The minimum Gasteiger partial charge on any atom is -0.375 e. The molecule has 2 N–H and O–H groups in total. The topological polar surface area (TPSA) is 80.0 Å². The minimum atomic E-state index is -0.0540. The van der Waals surface area contributed by atoms with Gasteiger partial charge in [-0.05, 0) is 37.5 Å². The number of anilines is 1. The highest BCUT2D eigenvalue weighted by Crippen LogP contribution is 2.23. The summed E-state index contributed by atoms with van der Waals surface area (Å²) in [5.41, 5.74) is 3.42. The molecule has 0 radical (unpaired) electrons. The molecule has 0 spiro atoms. The molecule has 0 atom stereocenters. The smallest absolute Gasteiger partial charge is 0.253 e. The number of hydrogen-bond donors (Lipinski definition) is 2. The van der Waals surface area contributed by atoms with Crippen molar-refractivity contribution >= 4 is 11.6 Å². The van der Waals surface area contributed by atoms with E-state index in [2.05, 4.69) is 20.8 Å². The Hall–Kier alpha value is -3.15. The molecule has 1 aliphatic rings. The molecule has 0 saturated heterocycles. The van der Waals surface area contributed by atoms with Gasteiger partial charge in [-0.1, -0.05) is 41.6 Å². The van der Waals surface area contributed by atoms with E-state index in [1.807, 2.05) is 55.5 Å². The Balaban J connectivity index is 1.46. The number of rotatable bonds is 6. The molecular weight excluding hydrogens is 328 g/mol. The van der Waals surface area contributed by atoms with E-state index in [0.29, 0.717) is 29.9 Å². The molecule has 1 aromatic heterocycles. The molecule has 4 rings (SSSR count). The van der Waals surface area contributed by atoms with Gasteiger partial charge in [-0.2, -0.15) is 4.98 Å². The first kappa shape index (κ1) is 16.3. The fourth-order valence-corrected chi connectivity index (χ4v) is 2.76. The molecule has 1 aliphatic carbocycles. The minimum absolute atomic E-state index is 0.0540. The fraction of sp³-hybridized carbons (Fsp3) is 0.250. The van der Waals surface area contributed by atoms with Crippen molar-refractivity contribution in [1.82, 2.24) is 15.5 Å². The molecule has 1 amide bonds. The lowest BCUT2D eigenvalue weighted by Crippen LogP contribution is -2.26. The van der Waals surface area contributed by atoms with Gasteiger partial charge in [0.2, 0.25) is 11.7 Å². The highest BCUT2D eigenvalue weighted by Gasteiger charge is 2.24. The van der Waals surface area contributed by atoms with E-state index < -0.39 is 0 Å². The van der Waals surface area contributed by atoms with Gasteiger partial charge in [0.1, 0.15) is 0 Å². The summed E-state index contributed by atoms with van der Waals surface area (Å²) < 4.78 is 5.35. The molecule has 0 bridgehead atoms. The Kier molecular flexibility index (Phi) is 4.39. The number of para-hydroxylation sites is 1. The highest BCUT2D eigenvalue weighted by molar-refractivity contribution is 5.99. The van der Waals surface area contributed by atoms with Gasteiger partial charge in [0.25, 0.3) is 5.91 Å². The number of carbonyl (C=O) groups is 1. The van der Waals surface area contributed by atoms with Crippen molar-refractivity contribution in [2.24, 2.45) is 0 Å². The van der Waals surface area contributed by atoms with Crippen molar-refractivity contribution < 1.29 is 9.32 Å². The number of benzene rings is 2. The van der Waals surface area contributed by atoms with Crippen LogP contribution in [0.5, 0.6) is 0 Å². The molecule has 0 unspecified atom stereocenters. The van der Waals surface area contributed by atoms with Gasteiger partial charge in [0, 0.05) is 17.3 Å². The van der Waals surface area contributed by atoms with Crippen LogP contribution in [0, 0.1) is 6.92 Å². The number of carbonyl (C=O) groups excluding carboxylic acids is 1. The zero-order valence-electron chi connectivity index (χ0n) is 14.5. The Labute approximate surface area is 151 Å². The Morgan fingerprint density at radius 1 is 1.15 bits per heavy atom. The summed E-state index contributed by atoms with van der Waals surface area (Å²) in [6.45, 7) is 2.37. The third-order valence-electron chi connectivity index (χ3n) is 4.37. The van der Waals surface area contributed by atoms with Crippen molar-refractivity contribution in [3.8, 4) is 11.4 Å².